The Morgan fingerprint density at radius 2 is 1.67 bits per heavy atom. The van der Waals surface area contributed by atoms with E-state index in [0.29, 0.717) is 0 Å². The molecule has 0 aliphatic heterocycles. The summed E-state index contributed by atoms with van der Waals surface area (Å²) in [4.78, 5) is 34.8. The van der Waals surface area contributed by atoms with E-state index in [9.17, 15) is 14.4 Å². The molecule has 0 bridgehead atoms. The molecule has 0 aromatic rings. The minimum atomic E-state index is -1.04. The summed E-state index contributed by atoms with van der Waals surface area (Å²) in [5.74, 6) is -1.50. The summed E-state index contributed by atoms with van der Waals surface area (Å²) >= 11 is 0. The Labute approximate surface area is 125 Å². The average Bonchev–Trinajstić information content (AvgIpc) is 2.88. The lowest BCUT2D eigenvalue weighted by Crippen LogP contribution is -2.47. The van der Waals surface area contributed by atoms with Crippen LogP contribution < -0.4 is 10.6 Å². The van der Waals surface area contributed by atoms with Crippen LogP contribution in [0.4, 0.5) is 0 Å². The van der Waals surface area contributed by atoms with E-state index in [0.717, 1.165) is 25.7 Å². The van der Waals surface area contributed by atoms with Crippen LogP contribution in [-0.2, 0) is 14.4 Å². The molecule has 0 radical (unpaired) electrons. The maximum absolute atomic E-state index is 11.9. The first-order chi connectivity index (χ1) is 9.81. The van der Waals surface area contributed by atoms with E-state index in [1.54, 1.807) is 20.8 Å². The van der Waals surface area contributed by atoms with E-state index in [2.05, 4.69) is 10.6 Å². The zero-order valence-electron chi connectivity index (χ0n) is 13.0. The summed E-state index contributed by atoms with van der Waals surface area (Å²) in [5.41, 5.74) is 0. The highest BCUT2D eigenvalue weighted by Crippen LogP contribution is 2.24. The van der Waals surface area contributed by atoms with Gasteiger partial charge in [-0.05, 0) is 25.7 Å². The Morgan fingerprint density at radius 3 is 2.14 bits per heavy atom. The summed E-state index contributed by atoms with van der Waals surface area (Å²) < 4.78 is 0. The summed E-state index contributed by atoms with van der Waals surface area (Å²) in [6, 6.07) is -1.19. The fourth-order valence-electron chi connectivity index (χ4n) is 2.62. The summed E-state index contributed by atoms with van der Waals surface area (Å²) in [6.45, 7) is 5.24. The fourth-order valence-corrected chi connectivity index (χ4v) is 2.62. The molecule has 0 aromatic carbocycles. The monoisotopic (exact) mass is 298 g/mol. The Bertz CT molecular complexity index is 389. The van der Waals surface area contributed by atoms with Crippen LogP contribution in [0.1, 0.15) is 52.9 Å². The third kappa shape index (κ3) is 5.73. The van der Waals surface area contributed by atoms with Gasteiger partial charge in [0.2, 0.25) is 11.8 Å². The van der Waals surface area contributed by atoms with Gasteiger partial charge in [0.25, 0.3) is 0 Å². The SMILES string of the molecule is CC(CC(=O)N[C@H](C(=O)O)C(C)C)NC(=O)C1CCCC1. The molecular weight excluding hydrogens is 272 g/mol. The van der Waals surface area contributed by atoms with Crippen molar-refractivity contribution in [1.82, 2.24) is 10.6 Å². The van der Waals surface area contributed by atoms with Crippen molar-refractivity contribution in [2.75, 3.05) is 0 Å². The Kier molecular flexibility index (Phi) is 6.65. The van der Waals surface area contributed by atoms with Crippen LogP contribution in [0.5, 0.6) is 0 Å². The second-order valence-corrected chi connectivity index (χ2v) is 6.22. The molecule has 1 aliphatic rings. The second-order valence-electron chi connectivity index (χ2n) is 6.22. The zero-order valence-corrected chi connectivity index (χ0v) is 13.0. The highest BCUT2D eigenvalue weighted by Gasteiger charge is 2.26. The van der Waals surface area contributed by atoms with Crippen molar-refractivity contribution in [2.24, 2.45) is 11.8 Å². The molecule has 1 rings (SSSR count). The van der Waals surface area contributed by atoms with E-state index in [1.165, 1.54) is 0 Å². The van der Waals surface area contributed by atoms with Crippen LogP contribution in [0.2, 0.25) is 0 Å². The summed E-state index contributed by atoms with van der Waals surface area (Å²) in [7, 11) is 0. The van der Waals surface area contributed by atoms with Gasteiger partial charge in [-0.2, -0.15) is 0 Å². The Hall–Kier alpha value is -1.59. The third-order valence-electron chi connectivity index (χ3n) is 3.86. The van der Waals surface area contributed by atoms with Gasteiger partial charge in [0.15, 0.2) is 0 Å². The number of carbonyl (C=O) groups excluding carboxylic acids is 2. The van der Waals surface area contributed by atoms with Crippen molar-refractivity contribution in [1.29, 1.82) is 0 Å². The molecular formula is C15H26N2O4. The van der Waals surface area contributed by atoms with Gasteiger partial charge in [0.1, 0.15) is 6.04 Å². The van der Waals surface area contributed by atoms with Gasteiger partial charge in [-0.3, -0.25) is 9.59 Å². The molecule has 120 valence electrons. The van der Waals surface area contributed by atoms with Crippen molar-refractivity contribution >= 4 is 17.8 Å². The molecule has 2 atom stereocenters. The number of amides is 2. The van der Waals surface area contributed by atoms with Gasteiger partial charge < -0.3 is 15.7 Å². The molecule has 1 saturated carbocycles. The first-order valence-corrected chi connectivity index (χ1v) is 7.63. The molecule has 0 spiro atoms. The van der Waals surface area contributed by atoms with Gasteiger partial charge in [-0.15, -0.1) is 0 Å². The molecule has 0 saturated heterocycles. The van der Waals surface area contributed by atoms with Crippen molar-refractivity contribution in [2.45, 2.75) is 65.0 Å². The van der Waals surface area contributed by atoms with E-state index in [1.807, 2.05) is 0 Å². The highest BCUT2D eigenvalue weighted by molar-refractivity contribution is 5.85. The molecule has 6 nitrogen and oxygen atoms in total. The van der Waals surface area contributed by atoms with E-state index >= 15 is 0 Å². The number of aliphatic carboxylic acids is 1. The number of hydrogen-bond acceptors (Lipinski definition) is 3. The maximum Gasteiger partial charge on any atom is 0.326 e. The molecule has 1 aliphatic carbocycles. The zero-order chi connectivity index (χ0) is 16.0. The molecule has 1 unspecified atom stereocenters. The van der Waals surface area contributed by atoms with Crippen molar-refractivity contribution in [3.8, 4) is 0 Å². The molecule has 21 heavy (non-hydrogen) atoms. The molecule has 2 amide bonds. The quantitative estimate of drug-likeness (QED) is 0.660. The van der Waals surface area contributed by atoms with Crippen molar-refractivity contribution in [3.05, 3.63) is 0 Å². The number of carbonyl (C=O) groups is 3. The average molecular weight is 298 g/mol. The highest BCUT2D eigenvalue weighted by atomic mass is 16.4. The maximum atomic E-state index is 11.9. The summed E-state index contributed by atoms with van der Waals surface area (Å²) in [5, 5.41) is 14.4. The van der Waals surface area contributed by atoms with Crippen LogP contribution >= 0.6 is 0 Å². The first kappa shape index (κ1) is 17.5. The largest absolute Gasteiger partial charge is 0.480 e. The van der Waals surface area contributed by atoms with Gasteiger partial charge in [-0.1, -0.05) is 26.7 Å². The lowest BCUT2D eigenvalue weighted by molar-refractivity contribution is -0.143. The smallest absolute Gasteiger partial charge is 0.326 e. The first-order valence-electron chi connectivity index (χ1n) is 7.63. The predicted molar refractivity (Wildman–Crippen MR) is 78.6 cm³/mol. The van der Waals surface area contributed by atoms with Gasteiger partial charge >= 0.3 is 5.97 Å². The van der Waals surface area contributed by atoms with E-state index in [-0.39, 0.29) is 36.1 Å². The number of nitrogens with one attached hydrogen (secondary N) is 2. The fraction of sp³-hybridized carbons (Fsp3) is 0.800. The van der Waals surface area contributed by atoms with Crippen molar-refractivity contribution in [3.63, 3.8) is 0 Å². The Balaban J connectivity index is 2.39. The van der Waals surface area contributed by atoms with Gasteiger partial charge in [0.05, 0.1) is 0 Å². The van der Waals surface area contributed by atoms with Gasteiger partial charge in [0, 0.05) is 18.4 Å². The van der Waals surface area contributed by atoms with Crippen LogP contribution in [-0.4, -0.2) is 35.0 Å². The van der Waals surface area contributed by atoms with Crippen LogP contribution in [0, 0.1) is 11.8 Å². The van der Waals surface area contributed by atoms with Crippen LogP contribution in [0.3, 0.4) is 0 Å². The van der Waals surface area contributed by atoms with E-state index < -0.39 is 12.0 Å². The molecule has 6 heteroatoms. The molecule has 3 N–H and O–H groups in total. The van der Waals surface area contributed by atoms with Gasteiger partial charge in [-0.25, -0.2) is 4.79 Å². The molecule has 0 heterocycles. The lowest BCUT2D eigenvalue weighted by atomic mass is 10.0. The normalized spacial score (nSPS) is 18.3. The standard InChI is InChI=1S/C15H26N2O4/c1-9(2)13(15(20)21)17-12(18)8-10(3)16-14(19)11-6-4-5-7-11/h9-11,13H,4-8H2,1-3H3,(H,16,19)(H,17,18)(H,20,21)/t10?,13-/m0/s1. The molecule has 1 fully saturated rings. The minimum Gasteiger partial charge on any atom is -0.480 e. The molecule has 0 aromatic heterocycles. The predicted octanol–water partition coefficient (Wildman–Crippen LogP) is 1.30. The van der Waals surface area contributed by atoms with Crippen molar-refractivity contribution < 1.29 is 19.5 Å². The van der Waals surface area contributed by atoms with Crippen LogP contribution in [0.25, 0.3) is 0 Å². The third-order valence-corrected chi connectivity index (χ3v) is 3.86. The van der Waals surface area contributed by atoms with E-state index in [4.69, 9.17) is 5.11 Å². The Morgan fingerprint density at radius 1 is 1.10 bits per heavy atom. The second kappa shape index (κ2) is 8.00. The number of carboxylic acids is 1. The number of rotatable bonds is 7. The topological polar surface area (TPSA) is 95.5 Å². The lowest BCUT2D eigenvalue weighted by Gasteiger charge is -2.20. The van der Waals surface area contributed by atoms with Crippen LogP contribution in [0.15, 0.2) is 0 Å². The number of hydrogen-bond donors (Lipinski definition) is 3. The summed E-state index contributed by atoms with van der Waals surface area (Å²) in [6.07, 6.45) is 4.09. The minimum absolute atomic E-state index is 0.00597. The number of carboxylic acid groups (broad SMARTS) is 1.